The third kappa shape index (κ3) is 3.82. The zero-order valence-electron chi connectivity index (χ0n) is 11.6. The first kappa shape index (κ1) is 15.1. The Morgan fingerprint density at radius 2 is 2.05 bits per heavy atom. The van der Waals surface area contributed by atoms with Gasteiger partial charge >= 0.3 is 0 Å². The van der Waals surface area contributed by atoms with E-state index in [9.17, 15) is 14.7 Å². The van der Waals surface area contributed by atoms with Crippen LogP contribution in [0.5, 0.6) is 5.75 Å². The van der Waals surface area contributed by atoms with Gasteiger partial charge in [-0.3, -0.25) is 9.59 Å². The van der Waals surface area contributed by atoms with E-state index in [1.165, 1.54) is 28.4 Å². The standard InChI is InChI=1S/C15H16N2O3S/c1-10-6-11(21-9-10)7-17(8-14(16)19)15(20)12-4-2-3-5-13(12)18/h2-6,9,18H,7-8H2,1H3,(H2,16,19). The highest BCUT2D eigenvalue weighted by molar-refractivity contribution is 7.10. The number of benzene rings is 1. The summed E-state index contributed by atoms with van der Waals surface area (Å²) in [5.41, 5.74) is 6.47. The number of thiophene rings is 1. The molecule has 2 aromatic rings. The SMILES string of the molecule is Cc1csc(CN(CC(N)=O)C(=O)c2ccccc2O)c1. The number of nitrogens with zero attached hydrogens (tertiary/aromatic N) is 1. The lowest BCUT2D eigenvalue weighted by molar-refractivity contribution is -0.118. The molecule has 0 radical (unpaired) electrons. The van der Waals surface area contributed by atoms with Gasteiger partial charge in [0.05, 0.1) is 12.1 Å². The number of carbonyl (C=O) groups excluding carboxylic acids is 2. The van der Waals surface area contributed by atoms with Gasteiger partial charge in [-0.25, -0.2) is 0 Å². The molecule has 0 bridgehead atoms. The fraction of sp³-hybridized carbons (Fsp3) is 0.200. The number of hydrogen-bond donors (Lipinski definition) is 2. The Balaban J connectivity index is 2.25. The van der Waals surface area contributed by atoms with Crippen LogP contribution in [0.4, 0.5) is 0 Å². The minimum absolute atomic E-state index is 0.112. The van der Waals surface area contributed by atoms with Gasteiger partial charge in [-0.1, -0.05) is 12.1 Å². The third-order valence-corrected chi connectivity index (χ3v) is 3.94. The van der Waals surface area contributed by atoms with Crippen molar-refractivity contribution in [2.24, 2.45) is 5.73 Å². The molecule has 5 nitrogen and oxygen atoms in total. The molecule has 0 aliphatic heterocycles. The normalized spacial score (nSPS) is 10.3. The van der Waals surface area contributed by atoms with E-state index < -0.39 is 11.8 Å². The van der Waals surface area contributed by atoms with Gasteiger partial charge in [0, 0.05) is 4.88 Å². The Labute approximate surface area is 126 Å². The number of primary amides is 1. The highest BCUT2D eigenvalue weighted by Gasteiger charge is 2.21. The molecule has 6 heteroatoms. The molecule has 0 aliphatic carbocycles. The zero-order valence-corrected chi connectivity index (χ0v) is 12.4. The van der Waals surface area contributed by atoms with E-state index in [0.717, 1.165) is 10.4 Å². The highest BCUT2D eigenvalue weighted by Crippen LogP contribution is 2.21. The van der Waals surface area contributed by atoms with E-state index in [1.807, 2.05) is 18.4 Å². The van der Waals surface area contributed by atoms with E-state index in [2.05, 4.69) is 0 Å². The molecule has 0 unspecified atom stereocenters. The van der Waals surface area contributed by atoms with Crippen LogP contribution in [0.25, 0.3) is 0 Å². The molecule has 1 heterocycles. The van der Waals surface area contributed by atoms with Crippen LogP contribution in [-0.2, 0) is 11.3 Å². The van der Waals surface area contributed by atoms with E-state index in [-0.39, 0.29) is 24.4 Å². The number of nitrogens with two attached hydrogens (primary N) is 1. The van der Waals surface area contributed by atoms with Crippen LogP contribution < -0.4 is 5.73 Å². The van der Waals surface area contributed by atoms with Crippen LogP contribution >= 0.6 is 11.3 Å². The largest absolute Gasteiger partial charge is 0.507 e. The van der Waals surface area contributed by atoms with Crippen molar-refractivity contribution in [3.8, 4) is 5.75 Å². The van der Waals surface area contributed by atoms with Gasteiger partial charge in [0.25, 0.3) is 5.91 Å². The highest BCUT2D eigenvalue weighted by atomic mass is 32.1. The monoisotopic (exact) mass is 304 g/mol. The van der Waals surface area contributed by atoms with Crippen LogP contribution in [0, 0.1) is 6.92 Å². The quantitative estimate of drug-likeness (QED) is 0.884. The van der Waals surface area contributed by atoms with Crippen LogP contribution in [0.15, 0.2) is 35.7 Å². The van der Waals surface area contributed by atoms with Gasteiger partial charge in [-0.15, -0.1) is 11.3 Å². The summed E-state index contributed by atoms with van der Waals surface area (Å²) in [6, 6.07) is 8.20. The Kier molecular flexibility index (Phi) is 4.59. The minimum atomic E-state index is -0.591. The van der Waals surface area contributed by atoms with Crippen molar-refractivity contribution in [2.45, 2.75) is 13.5 Å². The van der Waals surface area contributed by atoms with Crippen molar-refractivity contribution in [1.29, 1.82) is 0 Å². The molecule has 1 aromatic carbocycles. The summed E-state index contributed by atoms with van der Waals surface area (Å²) in [6.45, 7) is 2.06. The molecule has 3 N–H and O–H groups in total. The van der Waals surface area contributed by atoms with Crippen LogP contribution in [0.1, 0.15) is 20.8 Å². The number of phenols is 1. The minimum Gasteiger partial charge on any atom is -0.507 e. The second-order valence-corrected chi connectivity index (χ2v) is 5.73. The summed E-state index contributed by atoms with van der Waals surface area (Å²) in [7, 11) is 0. The van der Waals surface area contributed by atoms with Crippen molar-refractivity contribution < 1.29 is 14.7 Å². The molecule has 0 fully saturated rings. The van der Waals surface area contributed by atoms with Crippen molar-refractivity contribution >= 4 is 23.2 Å². The van der Waals surface area contributed by atoms with Crippen molar-refractivity contribution in [1.82, 2.24) is 4.90 Å². The van der Waals surface area contributed by atoms with Crippen molar-refractivity contribution in [3.05, 3.63) is 51.7 Å². The number of hydrogen-bond acceptors (Lipinski definition) is 4. The smallest absolute Gasteiger partial charge is 0.258 e. The lowest BCUT2D eigenvalue weighted by atomic mass is 10.1. The Hall–Kier alpha value is -2.34. The van der Waals surface area contributed by atoms with E-state index in [4.69, 9.17) is 5.73 Å². The van der Waals surface area contributed by atoms with Crippen molar-refractivity contribution in [3.63, 3.8) is 0 Å². The molecule has 0 saturated carbocycles. The predicted molar refractivity (Wildman–Crippen MR) is 81.1 cm³/mol. The maximum Gasteiger partial charge on any atom is 0.258 e. The molecule has 110 valence electrons. The first-order valence-electron chi connectivity index (χ1n) is 6.37. The van der Waals surface area contributed by atoms with Gasteiger partial charge in [0.15, 0.2) is 0 Å². The van der Waals surface area contributed by atoms with Gasteiger partial charge < -0.3 is 15.7 Å². The first-order valence-corrected chi connectivity index (χ1v) is 7.25. The number of phenolic OH excluding ortho intramolecular Hbond substituents is 1. The maximum atomic E-state index is 12.5. The summed E-state index contributed by atoms with van der Waals surface area (Å²) in [6.07, 6.45) is 0. The average molecular weight is 304 g/mol. The molecular formula is C15H16N2O3S. The summed E-state index contributed by atoms with van der Waals surface area (Å²) < 4.78 is 0. The fourth-order valence-corrected chi connectivity index (χ4v) is 2.86. The second kappa shape index (κ2) is 6.41. The molecule has 0 aliphatic rings. The maximum absolute atomic E-state index is 12.5. The molecule has 2 rings (SSSR count). The summed E-state index contributed by atoms with van der Waals surface area (Å²) in [4.78, 5) is 26.0. The number of para-hydroxylation sites is 1. The number of aromatic hydroxyl groups is 1. The van der Waals surface area contributed by atoms with Crippen LogP contribution in [0.3, 0.4) is 0 Å². The van der Waals surface area contributed by atoms with Gasteiger partial charge in [-0.05, 0) is 36.1 Å². The van der Waals surface area contributed by atoms with E-state index in [1.54, 1.807) is 12.1 Å². The molecule has 0 spiro atoms. The van der Waals surface area contributed by atoms with Gasteiger partial charge in [-0.2, -0.15) is 0 Å². The first-order chi connectivity index (χ1) is 9.97. The molecule has 0 atom stereocenters. The fourth-order valence-electron chi connectivity index (χ4n) is 1.97. The average Bonchev–Trinajstić information content (AvgIpc) is 2.83. The number of amides is 2. The zero-order chi connectivity index (χ0) is 15.4. The van der Waals surface area contributed by atoms with E-state index >= 15 is 0 Å². The van der Waals surface area contributed by atoms with Crippen molar-refractivity contribution in [2.75, 3.05) is 6.54 Å². The van der Waals surface area contributed by atoms with Gasteiger partial charge in [0.2, 0.25) is 5.91 Å². The lowest BCUT2D eigenvalue weighted by Gasteiger charge is -2.21. The Morgan fingerprint density at radius 1 is 1.33 bits per heavy atom. The summed E-state index contributed by atoms with van der Waals surface area (Å²) in [5.74, 6) is -1.12. The molecule has 1 aromatic heterocycles. The molecule has 2 amide bonds. The van der Waals surface area contributed by atoms with Crippen LogP contribution in [0.2, 0.25) is 0 Å². The Morgan fingerprint density at radius 3 is 2.62 bits per heavy atom. The van der Waals surface area contributed by atoms with E-state index in [0.29, 0.717) is 0 Å². The predicted octanol–water partition coefficient (Wildman–Crippen LogP) is 1.89. The molecule has 21 heavy (non-hydrogen) atoms. The molecular weight excluding hydrogens is 288 g/mol. The summed E-state index contributed by atoms with van der Waals surface area (Å²) in [5, 5.41) is 11.7. The van der Waals surface area contributed by atoms with Gasteiger partial charge in [0.1, 0.15) is 12.3 Å². The lowest BCUT2D eigenvalue weighted by Crippen LogP contribution is -2.37. The summed E-state index contributed by atoms with van der Waals surface area (Å²) >= 11 is 1.51. The number of rotatable bonds is 5. The number of aryl methyl sites for hydroxylation is 1. The number of carbonyl (C=O) groups is 2. The Bertz CT molecular complexity index is 666. The second-order valence-electron chi connectivity index (χ2n) is 4.74. The molecule has 0 saturated heterocycles. The third-order valence-electron chi connectivity index (χ3n) is 2.90. The van der Waals surface area contributed by atoms with Crippen LogP contribution in [-0.4, -0.2) is 28.4 Å². The topological polar surface area (TPSA) is 83.6 Å².